The summed E-state index contributed by atoms with van der Waals surface area (Å²) in [6, 6.07) is 13.6. The average Bonchev–Trinajstić information content (AvgIpc) is 2.45. The molecule has 4 heteroatoms. The second-order valence-corrected chi connectivity index (χ2v) is 4.37. The molecule has 0 heterocycles. The first kappa shape index (κ1) is 14.2. The van der Waals surface area contributed by atoms with Crippen LogP contribution >= 0.6 is 0 Å². The first-order chi connectivity index (χ1) is 9.60. The number of ether oxygens (including phenoxy) is 1. The molecule has 2 nitrogen and oxygen atoms in total. The lowest BCUT2D eigenvalue weighted by molar-refractivity contribution is 0.226. The summed E-state index contributed by atoms with van der Waals surface area (Å²) in [5.41, 5.74) is 1.61. The molecule has 0 aliphatic rings. The Balaban J connectivity index is 2.39. The molecule has 0 aliphatic heterocycles. The third-order valence-corrected chi connectivity index (χ3v) is 2.84. The Hall–Kier alpha value is -2.23. The van der Waals surface area contributed by atoms with Gasteiger partial charge in [-0.25, -0.2) is 13.8 Å². The topological polar surface area (TPSA) is 21.6 Å². The molecule has 0 bridgehead atoms. The van der Waals surface area contributed by atoms with Gasteiger partial charge in [0.2, 0.25) is 0 Å². The summed E-state index contributed by atoms with van der Waals surface area (Å²) in [4.78, 5) is 4.06. The molecule has 2 aromatic rings. The van der Waals surface area contributed by atoms with E-state index < -0.39 is 6.43 Å². The maximum Gasteiger partial charge on any atom is 0.280 e. The molecule has 0 N–H and O–H groups in total. The van der Waals surface area contributed by atoms with Gasteiger partial charge in [-0.15, -0.1) is 0 Å². The van der Waals surface area contributed by atoms with Crippen LogP contribution in [0.5, 0.6) is 5.75 Å². The zero-order chi connectivity index (χ0) is 14.5. The Morgan fingerprint density at radius 1 is 1.10 bits per heavy atom. The van der Waals surface area contributed by atoms with Crippen LogP contribution in [0.15, 0.2) is 53.5 Å². The molecule has 0 spiro atoms. The van der Waals surface area contributed by atoms with Crippen molar-refractivity contribution in [3.8, 4) is 5.75 Å². The van der Waals surface area contributed by atoms with Gasteiger partial charge in [0.1, 0.15) is 11.5 Å². The molecule has 20 heavy (non-hydrogen) atoms. The average molecular weight is 275 g/mol. The smallest absolute Gasteiger partial charge is 0.280 e. The van der Waals surface area contributed by atoms with E-state index in [-0.39, 0.29) is 5.71 Å². The van der Waals surface area contributed by atoms with E-state index in [0.717, 1.165) is 5.56 Å². The van der Waals surface area contributed by atoms with Crippen molar-refractivity contribution in [1.29, 1.82) is 0 Å². The molecule has 104 valence electrons. The summed E-state index contributed by atoms with van der Waals surface area (Å²) in [5.74, 6) is 0.665. The lowest BCUT2D eigenvalue weighted by atomic mass is 10.1. The van der Waals surface area contributed by atoms with Gasteiger partial charge in [-0.2, -0.15) is 0 Å². The van der Waals surface area contributed by atoms with Gasteiger partial charge < -0.3 is 4.74 Å². The fourth-order valence-corrected chi connectivity index (χ4v) is 1.84. The predicted molar refractivity (Wildman–Crippen MR) is 76.4 cm³/mol. The molecule has 0 saturated carbocycles. The largest absolute Gasteiger partial charge is 0.497 e. The highest BCUT2D eigenvalue weighted by molar-refractivity contribution is 6.04. The van der Waals surface area contributed by atoms with E-state index in [0.29, 0.717) is 17.0 Å². The van der Waals surface area contributed by atoms with Crippen molar-refractivity contribution in [1.82, 2.24) is 0 Å². The number of halogens is 2. The predicted octanol–water partition coefficient (Wildman–Crippen LogP) is 4.39. The Morgan fingerprint density at radius 3 is 2.35 bits per heavy atom. The summed E-state index contributed by atoms with van der Waals surface area (Å²) < 4.78 is 31.4. The molecule has 2 rings (SSSR count). The van der Waals surface area contributed by atoms with Crippen molar-refractivity contribution in [3.63, 3.8) is 0 Å². The number of nitrogens with zero attached hydrogens (tertiary/aromatic N) is 1. The number of rotatable bonds is 4. The summed E-state index contributed by atoms with van der Waals surface area (Å²) in [5, 5.41) is 0. The Labute approximate surface area is 116 Å². The van der Waals surface area contributed by atoms with Crippen LogP contribution in [0.3, 0.4) is 0 Å². The number of aliphatic imine (C=N–C) groups is 1. The molecule has 0 amide bonds. The summed E-state index contributed by atoms with van der Waals surface area (Å²) in [6.45, 7) is 1.86. The van der Waals surface area contributed by atoms with Gasteiger partial charge >= 0.3 is 0 Å². The monoisotopic (exact) mass is 275 g/mol. The van der Waals surface area contributed by atoms with E-state index in [9.17, 15) is 8.78 Å². The number of methoxy groups -OCH3 is 1. The highest BCUT2D eigenvalue weighted by atomic mass is 19.3. The Kier molecular flexibility index (Phi) is 4.45. The molecule has 0 saturated heterocycles. The van der Waals surface area contributed by atoms with Gasteiger partial charge in [0.25, 0.3) is 6.43 Å². The summed E-state index contributed by atoms with van der Waals surface area (Å²) in [7, 11) is 1.55. The summed E-state index contributed by atoms with van der Waals surface area (Å²) >= 11 is 0. The van der Waals surface area contributed by atoms with E-state index in [1.807, 2.05) is 13.0 Å². The molecule has 0 aromatic heterocycles. The maximum atomic E-state index is 13.2. The lowest BCUT2D eigenvalue weighted by Crippen LogP contribution is -2.11. The van der Waals surface area contributed by atoms with Crippen LogP contribution in [0, 0.1) is 6.92 Å². The molecular weight excluding hydrogens is 260 g/mol. The van der Waals surface area contributed by atoms with Gasteiger partial charge in [0.15, 0.2) is 0 Å². The van der Waals surface area contributed by atoms with Crippen molar-refractivity contribution in [2.75, 3.05) is 7.11 Å². The van der Waals surface area contributed by atoms with Crippen LogP contribution in [-0.4, -0.2) is 19.2 Å². The molecular formula is C16H15F2NO. The highest BCUT2D eigenvalue weighted by Gasteiger charge is 2.15. The van der Waals surface area contributed by atoms with E-state index >= 15 is 0 Å². The molecule has 0 atom stereocenters. The molecule has 0 fully saturated rings. The number of aryl methyl sites for hydroxylation is 1. The van der Waals surface area contributed by atoms with Crippen LogP contribution in [0.1, 0.15) is 11.1 Å². The lowest BCUT2D eigenvalue weighted by Gasteiger charge is -2.07. The Bertz CT molecular complexity index is 606. The van der Waals surface area contributed by atoms with Gasteiger partial charge in [0, 0.05) is 5.56 Å². The fraction of sp³-hybridized carbons (Fsp3) is 0.188. The van der Waals surface area contributed by atoms with Crippen molar-refractivity contribution < 1.29 is 13.5 Å². The van der Waals surface area contributed by atoms with Crippen molar-refractivity contribution >= 4 is 11.4 Å². The zero-order valence-corrected chi connectivity index (χ0v) is 11.3. The van der Waals surface area contributed by atoms with Crippen molar-refractivity contribution in [2.24, 2.45) is 4.99 Å². The van der Waals surface area contributed by atoms with Gasteiger partial charge in [0.05, 0.1) is 12.8 Å². The van der Waals surface area contributed by atoms with E-state index in [1.54, 1.807) is 49.6 Å². The number of hydrogen-bond acceptors (Lipinski definition) is 2. The Morgan fingerprint density at radius 2 is 1.80 bits per heavy atom. The third-order valence-electron chi connectivity index (χ3n) is 2.84. The SMILES string of the molecule is COc1ccc(N=C(c2cccc(C)c2)C(F)F)cc1. The quantitative estimate of drug-likeness (QED) is 0.758. The van der Waals surface area contributed by atoms with Crippen LogP contribution in [0.25, 0.3) is 0 Å². The van der Waals surface area contributed by atoms with E-state index in [2.05, 4.69) is 4.99 Å². The second kappa shape index (κ2) is 6.28. The van der Waals surface area contributed by atoms with E-state index in [4.69, 9.17) is 4.74 Å². The van der Waals surface area contributed by atoms with Crippen LogP contribution in [0.4, 0.5) is 14.5 Å². The van der Waals surface area contributed by atoms with Gasteiger partial charge in [-0.1, -0.05) is 23.8 Å². The van der Waals surface area contributed by atoms with Crippen LogP contribution < -0.4 is 4.74 Å². The molecule has 0 unspecified atom stereocenters. The van der Waals surface area contributed by atoms with Gasteiger partial charge in [-0.3, -0.25) is 0 Å². The maximum absolute atomic E-state index is 13.2. The van der Waals surface area contributed by atoms with Gasteiger partial charge in [-0.05, 0) is 37.3 Å². The molecule has 0 aliphatic carbocycles. The van der Waals surface area contributed by atoms with E-state index in [1.165, 1.54) is 0 Å². The zero-order valence-electron chi connectivity index (χ0n) is 11.3. The minimum absolute atomic E-state index is 0.223. The standard InChI is InChI=1S/C16H15F2NO/c1-11-4-3-5-12(10-11)15(16(17)18)19-13-6-8-14(20-2)9-7-13/h3-10,16H,1-2H3. The first-order valence-corrected chi connectivity index (χ1v) is 6.18. The molecule has 0 radical (unpaired) electrons. The minimum atomic E-state index is -2.63. The number of hydrogen-bond donors (Lipinski definition) is 0. The third kappa shape index (κ3) is 3.41. The number of benzene rings is 2. The van der Waals surface area contributed by atoms with Crippen molar-refractivity contribution in [2.45, 2.75) is 13.3 Å². The normalized spacial score (nSPS) is 11.8. The van der Waals surface area contributed by atoms with Crippen LogP contribution in [0.2, 0.25) is 0 Å². The first-order valence-electron chi connectivity index (χ1n) is 6.18. The van der Waals surface area contributed by atoms with Crippen molar-refractivity contribution in [3.05, 3.63) is 59.7 Å². The molecule has 2 aromatic carbocycles. The fourth-order valence-electron chi connectivity index (χ4n) is 1.84. The summed E-state index contributed by atoms with van der Waals surface area (Å²) in [6.07, 6.45) is -2.63. The second-order valence-electron chi connectivity index (χ2n) is 4.37. The minimum Gasteiger partial charge on any atom is -0.497 e. The van der Waals surface area contributed by atoms with Crippen LogP contribution in [-0.2, 0) is 0 Å². The highest BCUT2D eigenvalue weighted by Crippen LogP contribution is 2.21. The number of alkyl halides is 2.